The van der Waals surface area contributed by atoms with E-state index < -0.39 is 11.9 Å². The minimum absolute atomic E-state index is 0.403. The number of aliphatic carboxylic acids is 1. The summed E-state index contributed by atoms with van der Waals surface area (Å²) in [4.78, 5) is 15.3. The number of hydrogen-bond acceptors (Lipinski definition) is 3. The van der Waals surface area contributed by atoms with Crippen LogP contribution in [0.25, 0.3) is 0 Å². The molecule has 1 atom stereocenters. The van der Waals surface area contributed by atoms with E-state index in [1.807, 2.05) is 35.7 Å². The molecule has 0 saturated carbocycles. The number of carboxylic acid groups (broad SMARTS) is 1. The lowest BCUT2D eigenvalue weighted by Crippen LogP contribution is -2.19. The van der Waals surface area contributed by atoms with Crippen molar-refractivity contribution in [3.05, 3.63) is 52.5 Å². The Morgan fingerprint density at radius 2 is 2.06 bits per heavy atom. The molecule has 0 aliphatic carbocycles. The van der Waals surface area contributed by atoms with Gasteiger partial charge in [0.2, 0.25) is 0 Å². The van der Waals surface area contributed by atoms with Crippen molar-refractivity contribution < 1.29 is 9.90 Å². The van der Waals surface area contributed by atoms with Crippen molar-refractivity contribution in [2.24, 2.45) is 5.92 Å². The molecule has 88 valence electrons. The predicted octanol–water partition coefficient (Wildman–Crippen LogP) is 2.63. The molecule has 1 aromatic carbocycles. The first-order valence-corrected chi connectivity index (χ1v) is 6.34. The predicted molar refractivity (Wildman–Crippen MR) is 67.1 cm³/mol. The Morgan fingerprint density at radius 1 is 1.29 bits per heavy atom. The molecule has 0 amide bonds. The summed E-state index contributed by atoms with van der Waals surface area (Å²) in [5.74, 6) is -1.17. The molecular weight excluding hydrogens is 234 g/mol. The minimum atomic E-state index is -0.762. The zero-order valence-electron chi connectivity index (χ0n) is 9.24. The highest BCUT2D eigenvalue weighted by molar-refractivity contribution is 7.07. The summed E-state index contributed by atoms with van der Waals surface area (Å²) in [6.45, 7) is 0. The lowest BCUT2D eigenvalue weighted by Gasteiger charge is -2.10. The van der Waals surface area contributed by atoms with Gasteiger partial charge < -0.3 is 5.11 Å². The van der Waals surface area contributed by atoms with E-state index in [4.69, 9.17) is 0 Å². The quantitative estimate of drug-likeness (QED) is 0.883. The second-order valence-electron chi connectivity index (χ2n) is 3.91. The molecule has 0 spiro atoms. The van der Waals surface area contributed by atoms with Gasteiger partial charge in [0, 0.05) is 11.8 Å². The summed E-state index contributed by atoms with van der Waals surface area (Å²) >= 11 is 1.50. The van der Waals surface area contributed by atoms with Crippen LogP contribution in [-0.2, 0) is 17.6 Å². The van der Waals surface area contributed by atoms with Crippen molar-refractivity contribution in [3.8, 4) is 0 Å². The standard InChI is InChI=1S/C13H13NO2S/c15-13(16)11(7-12-8-17-9-14-12)6-10-4-2-1-3-5-10/h1-5,8-9,11H,6-7H2,(H,15,16). The lowest BCUT2D eigenvalue weighted by atomic mass is 9.95. The molecule has 0 saturated heterocycles. The number of carboxylic acids is 1. The first-order chi connectivity index (χ1) is 8.25. The molecule has 0 fully saturated rings. The fourth-order valence-electron chi connectivity index (χ4n) is 1.74. The zero-order valence-corrected chi connectivity index (χ0v) is 10.1. The van der Waals surface area contributed by atoms with Crippen LogP contribution in [-0.4, -0.2) is 16.1 Å². The van der Waals surface area contributed by atoms with Crippen molar-refractivity contribution in [3.63, 3.8) is 0 Å². The Hall–Kier alpha value is -1.68. The second kappa shape index (κ2) is 5.59. The van der Waals surface area contributed by atoms with Crippen LogP contribution in [0.4, 0.5) is 0 Å². The molecule has 0 aliphatic heterocycles. The summed E-state index contributed by atoms with van der Waals surface area (Å²) in [7, 11) is 0. The van der Waals surface area contributed by atoms with Gasteiger partial charge in [-0.15, -0.1) is 11.3 Å². The van der Waals surface area contributed by atoms with Crippen LogP contribution in [0.3, 0.4) is 0 Å². The number of thiazole rings is 1. The lowest BCUT2D eigenvalue weighted by molar-refractivity contribution is -0.141. The van der Waals surface area contributed by atoms with E-state index in [0.29, 0.717) is 12.8 Å². The first kappa shape index (κ1) is 11.8. The van der Waals surface area contributed by atoms with Gasteiger partial charge in [-0.3, -0.25) is 4.79 Å². The summed E-state index contributed by atoms with van der Waals surface area (Å²) in [6, 6.07) is 9.70. The van der Waals surface area contributed by atoms with E-state index in [0.717, 1.165) is 11.3 Å². The smallest absolute Gasteiger partial charge is 0.307 e. The van der Waals surface area contributed by atoms with Gasteiger partial charge in [-0.1, -0.05) is 30.3 Å². The second-order valence-corrected chi connectivity index (χ2v) is 4.63. The maximum atomic E-state index is 11.2. The van der Waals surface area contributed by atoms with Crippen LogP contribution in [0, 0.1) is 5.92 Å². The maximum Gasteiger partial charge on any atom is 0.307 e. The molecular formula is C13H13NO2S. The molecule has 0 radical (unpaired) electrons. The summed E-state index contributed by atoms with van der Waals surface area (Å²) in [5.41, 5.74) is 3.64. The zero-order chi connectivity index (χ0) is 12.1. The van der Waals surface area contributed by atoms with Gasteiger partial charge in [-0.2, -0.15) is 0 Å². The highest BCUT2D eigenvalue weighted by Gasteiger charge is 2.19. The summed E-state index contributed by atoms with van der Waals surface area (Å²) in [6.07, 6.45) is 1.04. The third-order valence-electron chi connectivity index (χ3n) is 2.61. The van der Waals surface area contributed by atoms with Gasteiger partial charge in [0.05, 0.1) is 17.1 Å². The van der Waals surface area contributed by atoms with Gasteiger partial charge in [0.15, 0.2) is 0 Å². The number of carbonyl (C=O) groups is 1. The Labute approximate surface area is 104 Å². The molecule has 2 rings (SSSR count). The molecule has 0 bridgehead atoms. The van der Waals surface area contributed by atoms with E-state index in [1.165, 1.54) is 11.3 Å². The molecule has 1 N–H and O–H groups in total. The van der Waals surface area contributed by atoms with Gasteiger partial charge in [0.25, 0.3) is 0 Å². The normalized spacial score (nSPS) is 12.2. The third kappa shape index (κ3) is 3.39. The number of rotatable bonds is 5. The Kier molecular flexibility index (Phi) is 3.88. The third-order valence-corrected chi connectivity index (χ3v) is 3.25. The fourth-order valence-corrected chi connectivity index (χ4v) is 2.31. The van der Waals surface area contributed by atoms with E-state index in [-0.39, 0.29) is 0 Å². The monoisotopic (exact) mass is 247 g/mol. The number of nitrogens with zero attached hydrogens (tertiary/aromatic N) is 1. The number of hydrogen-bond donors (Lipinski definition) is 1. The highest BCUT2D eigenvalue weighted by Crippen LogP contribution is 2.15. The van der Waals surface area contributed by atoms with Gasteiger partial charge in [0.1, 0.15) is 0 Å². The Balaban J connectivity index is 2.06. The van der Waals surface area contributed by atoms with Gasteiger partial charge in [-0.05, 0) is 12.0 Å². The van der Waals surface area contributed by atoms with Crippen LogP contribution < -0.4 is 0 Å². The van der Waals surface area contributed by atoms with Gasteiger partial charge >= 0.3 is 5.97 Å². The van der Waals surface area contributed by atoms with E-state index in [9.17, 15) is 9.90 Å². The van der Waals surface area contributed by atoms with E-state index in [2.05, 4.69) is 4.98 Å². The summed E-state index contributed by atoms with van der Waals surface area (Å²) in [5, 5.41) is 11.1. The van der Waals surface area contributed by atoms with Crippen LogP contribution >= 0.6 is 11.3 Å². The van der Waals surface area contributed by atoms with Crippen molar-refractivity contribution in [1.29, 1.82) is 0 Å². The van der Waals surface area contributed by atoms with Crippen LogP contribution in [0.1, 0.15) is 11.3 Å². The number of benzene rings is 1. The maximum absolute atomic E-state index is 11.2. The van der Waals surface area contributed by atoms with E-state index in [1.54, 1.807) is 5.51 Å². The molecule has 17 heavy (non-hydrogen) atoms. The Morgan fingerprint density at radius 3 is 2.65 bits per heavy atom. The minimum Gasteiger partial charge on any atom is -0.481 e. The highest BCUT2D eigenvalue weighted by atomic mass is 32.1. The molecule has 1 aromatic heterocycles. The molecule has 3 nitrogen and oxygen atoms in total. The van der Waals surface area contributed by atoms with Crippen molar-refractivity contribution >= 4 is 17.3 Å². The van der Waals surface area contributed by atoms with Crippen molar-refractivity contribution in [1.82, 2.24) is 4.98 Å². The molecule has 2 aromatic rings. The molecule has 1 heterocycles. The molecule has 0 aliphatic rings. The fraction of sp³-hybridized carbons (Fsp3) is 0.231. The molecule has 4 heteroatoms. The van der Waals surface area contributed by atoms with Crippen LogP contribution in [0.2, 0.25) is 0 Å². The Bertz CT molecular complexity index is 467. The number of aromatic nitrogens is 1. The van der Waals surface area contributed by atoms with Crippen LogP contribution in [0.5, 0.6) is 0 Å². The topological polar surface area (TPSA) is 50.2 Å². The van der Waals surface area contributed by atoms with Crippen molar-refractivity contribution in [2.45, 2.75) is 12.8 Å². The summed E-state index contributed by atoms with van der Waals surface area (Å²) < 4.78 is 0. The largest absolute Gasteiger partial charge is 0.481 e. The molecule has 1 unspecified atom stereocenters. The van der Waals surface area contributed by atoms with Crippen molar-refractivity contribution in [2.75, 3.05) is 0 Å². The van der Waals surface area contributed by atoms with E-state index >= 15 is 0 Å². The SMILES string of the molecule is O=C(O)C(Cc1ccccc1)Cc1cscn1. The van der Waals surface area contributed by atoms with Crippen LogP contribution in [0.15, 0.2) is 41.2 Å². The first-order valence-electron chi connectivity index (χ1n) is 5.39. The van der Waals surface area contributed by atoms with Gasteiger partial charge in [-0.25, -0.2) is 4.98 Å². The average molecular weight is 247 g/mol. The average Bonchev–Trinajstić information content (AvgIpc) is 2.82.